The summed E-state index contributed by atoms with van der Waals surface area (Å²) >= 11 is 0. The first-order valence-electron chi connectivity index (χ1n) is 7.58. The number of carbonyl (C=O) groups excluding carboxylic acids is 1. The van der Waals surface area contributed by atoms with Gasteiger partial charge in [0.25, 0.3) is 0 Å². The zero-order valence-electron chi connectivity index (χ0n) is 12.9. The third kappa shape index (κ3) is 4.15. The molecule has 3 nitrogen and oxygen atoms in total. The Balaban J connectivity index is 2.06. The molecule has 0 N–H and O–H groups in total. The highest BCUT2D eigenvalue weighted by Crippen LogP contribution is 2.17. The van der Waals surface area contributed by atoms with Gasteiger partial charge in [0.15, 0.2) is 5.78 Å². The minimum absolute atomic E-state index is 0.282. The molecule has 0 saturated carbocycles. The molecule has 1 saturated heterocycles. The molecular formula is C17H26N2O. The number of rotatable bonds is 5. The molecule has 1 heterocycles. The van der Waals surface area contributed by atoms with Crippen LogP contribution in [-0.2, 0) is 6.54 Å². The monoisotopic (exact) mass is 274 g/mol. The molecule has 1 fully saturated rings. The smallest absolute Gasteiger partial charge is 0.163 e. The molecule has 1 aliphatic rings. The van der Waals surface area contributed by atoms with Crippen LogP contribution in [0, 0.1) is 5.92 Å². The average molecular weight is 274 g/mol. The first-order valence-corrected chi connectivity index (χ1v) is 7.58. The molecule has 0 aromatic heterocycles. The Morgan fingerprint density at radius 1 is 1.15 bits per heavy atom. The summed E-state index contributed by atoms with van der Waals surface area (Å²) < 4.78 is 0. The van der Waals surface area contributed by atoms with Crippen LogP contribution in [0.5, 0.6) is 0 Å². The van der Waals surface area contributed by atoms with Gasteiger partial charge in [0.05, 0.1) is 0 Å². The van der Waals surface area contributed by atoms with Crippen molar-refractivity contribution in [2.75, 3.05) is 33.2 Å². The van der Waals surface area contributed by atoms with E-state index < -0.39 is 0 Å². The highest BCUT2D eigenvalue weighted by Gasteiger charge is 2.17. The minimum atomic E-state index is 0.282. The molecule has 0 spiro atoms. The molecule has 0 atom stereocenters. The van der Waals surface area contributed by atoms with Crippen molar-refractivity contribution in [1.82, 2.24) is 9.80 Å². The van der Waals surface area contributed by atoms with E-state index in [0.29, 0.717) is 12.3 Å². The summed E-state index contributed by atoms with van der Waals surface area (Å²) in [5.41, 5.74) is 2.10. The van der Waals surface area contributed by atoms with E-state index in [2.05, 4.69) is 36.8 Å². The van der Waals surface area contributed by atoms with E-state index in [4.69, 9.17) is 0 Å². The number of carbonyl (C=O) groups is 1. The molecule has 110 valence electrons. The molecule has 3 heteroatoms. The Labute approximate surface area is 122 Å². The molecule has 0 unspecified atom stereocenters. The van der Waals surface area contributed by atoms with E-state index in [9.17, 15) is 4.79 Å². The lowest BCUT2D eigenvalue weighted by molar-refractivity contribution is 0.0964. The Hall–Kier alpha value is -1.19. The number of likely N-dealkylation sites (N-methyl/N-ethyl adjacent to an activating group) is 1. The predicted octanol–water partition coefficient (Wildman–Crippen LogP) is 2.66. The number of hydrogen-bond acceptors (Lipinski definition) is 3. The zero-order chi connectivity index (χ0) is 14.5. The third-order valence-electron chi connectivity index (χ3n) is 3.90. The lowest BCUT2D eigenvalue weighted by Crippen LogP contribution is -2.44. The van der Waals surface area contributed by atoms with Crippen LogP contribution in [0.4, 0.5) is 0 Å². The first kappa shape index (κ1) is 15.2. The van der Waals surface area contributed by atoms with Crippen molar-refractivity contribution in [1.29, 1.82) is 0 Å². The molecule has 20 heavy (non-hydrogen) atoms. The summed E-state index contributed by atoms with van der Waals surface area (Å²) in [6.45, 7) is 9.49. The van der Waals surface area contributed by atoms with E-state index in [0.717, 1.165) is 38.3 Å². The predicted molar refractivity (Wildman–Crippen MR) is 83.0 cm³/mol. The maximum absolute atomic E-state index is 12.3. The largest absolute Gasteiger partial charge is 0.304 e. The van der Waals surface area contributed by atoms with Crippen molar-refractivity contribution in [3.8, 4) is 0 Å². The summed E-state index contributed by atoms with van der Waals surface area (Å²) in [7, 11) is 2.16. The van der Waals surface area contributed by atoms with Gasteiger partial charge in [-0.2, -0.15) is 0 Å². The number of piperazine rings is 1. The summed E-state index contributed by atoms with van der Waals surface area (Å²) in [4.78, 5) is 17.1. The van der Waals surface area contributed by atoms with Crippen LogP contribution in [0.1, 0.15) is 36.2 Å². The molecule has 0 bridgehead atoms. The van der Waals surface area contributed by atoms with Crippen molar-refractivity contribution in [2.45, 2.75) is 26.8 Å². The van der Waals surface area contributed by atoms with Gasteiger partial charge in [0, 0.05) is 44.7 Å². The molecule has 1 aliphatic heterocycles. The molecule has 0 aliphatic carbocycles. The fourth-order valence-corrected chi connectivity index (χ4v) is 2.66. The number of Topliss-reactive ketones (excluding diaryl/α,β-unsaturated/α-hetero) is 1. The highest BCUT2D eigenvalue weighted by atomic mass is 16.1. The summed E-state index contributed by atoms with van der Waals surface area (Å²) in [5, 5.41) is 0. The number of benzene rings is 1. The fraction of sp³-hybridized carbons (Fsp3) is 0.588. The molecule has 0 radical (unpaired) electrons. The van der Waals surface area contributed by atoms with Gasteiger partial charge in [-0.3, -0.25) is 9.69 Å². The van der Waals surface area contributed by atoms with Crippen LogP contribution in [0.3, 0.4) is 0 Å². The first-order chi connectivity index (χ1) is 9.56. The molecule has 2 rings (SSSR count). The number of ketones is 1. The highest BCUT2D eigenvalue weighted by molar-refractivity contribution is 5.97. The topological polar surface area (TPSA) is 23.6 Å². The van der Waals surface area contributed by atoms with E-state index in [1.807, 2.05) is 18.2 Å². The zero-order valence-corrected chi connectivity index (χ0v) is 12.9. The SMILES string of the molecule is CC(C)CC(=O)c1ccccc1CN1CCN(C)CC1. The third-order valence-corrected chi connectivity index (χ3v) is 3.90. The maximum atomic E-state index is 12.3. The van der Waals surface area contributed by atoms with Gasteiger partial charge in [0.1, 0.15) is 0 Å². The maximum Gasteiger partial charge on any atom is 0.163 e. The second kappa shape index (κ2) is 7.00. The van der Waals surface area contributed by atoms with Crippen LogP contribution in [0.15, 0.2) is 24.3 Å². The Kier molecular flexibility index (Phi) is 5.32. The van der Waals surface area contributed by atoms with E-state index in [-0.39, 0.29) is 5.78 Å². The lowest BCUT2D eigenvalue weighted by Gasteiger charge is -2.32. The van der Waals surface area contributed by atoms with E-state index in [1.165, 1.54) is 5.56 Å². The van der Waals surface area contributed by atoms with Gasteiger partial charge in [-0.25, -0.2) is 0 Å². The summed E-state index contributed by atoms with van der Waals surface area (Å²) in [6.07, 6.45) is 0.639. The van der Waals surface area contributed by atoms with Crippen molar-refractivity contribution < 1.29 is 4.79 Å². The van der Waals surface area contributed by atoms with Crippen molar-refractivity contribution in [2.24, 2.45) is 5.92 Å². The Morgan fingerprint density at radius 3 is 2.45 bits per heavy atom. The van der Waals surface area contributed by atoms with Gasteiger partial charge in [-0.05, 0) is 18.5 Å². The van der Waals surface area contributed by atoms with Crippen LogP contribution >= 0.6 is 0 Å². The van der Waals surface area contributed by atoms with Crippen molar-refractivity contribution >= 4 is 5.78 Å². The standard InChI is InChI=1S/C17H26N2O/c1-14(2)12-17(20)16-7-5-4-6-15(16)13-19-10-8-18(3)9-11-19/h4-7,14H,8-13H2,1-3H3. The second-order valence-corrected chi connectivity index (χ2v) is 6.26. The van der Waals surface area contributed by atoms with Gasteiger partial charge in [-0.15, -0.1) is 0 Å². The van der Waals surface area contributed by atoms with Crippen molar-refractivity contribution in [3.05, 3.63) is 35.4 Å². The van der Waals surface area contributed by atoms with Gasteiger partial charge >= 0.3 is 0 Å². The Bertz CT molecular complexity index is 448. The van der Waals surface area contributed by atoms with E-state index in [1.54, 1.807) is 0 Å². The van der Waals surface area contributed by atoms with Crippen LogP contribution in [0.2, 0.25) is 0 Å². The van der Waals surface area contributed by atoms with Gasteiger partial charge in [-0.1, -0.05) is 38.1 Å². The summed E-state index contributed by atoms with van der Waals surface area (Å²) in [5.74, 6) is 0.698. The average Bonchev–Trinajstić information content (AvgIpc) is 2.41. The molecule has 0 amide bonds. The van der Waals surface area contributed by atoms with Crippen LogP contribution < -0.4 is 0 Å². The summed E-state index contributed by atoms with van der Waals surface area (Å²) in [6, 6.07) is 8.10. The molecule has 1 aromatic rings. The minimum Gasteiger partial charge on any atom is -0.304 e. The second-order valence-electron chi connectivity index (χ2n) is 6.26. The number of nitrogens with zero attached hydrogens (tertiary/aromatic N) is 2. The Morgan fingerprint density at radius 2 is 1.80 bits per heavy atom. The van der Waals surface area contributed by atoms with Gasteiger partial charge < -0.3 is 4.90 Å². The van der Waals surface area contributed by atoms with E-state index >= 15 is 0 Å². The normalized spacial score (nSPS) is 17.6. The quantitative estimate of drug-likeness (QED) is 0.771. The number of hydrogen-bond donors (Lipinski definition) is 0. The van der Waals surface area contributed by atoms with Gasteiger partial charge in [0.2, 0.25) is 0 Å². The van der Waals surface area contributed by atoms with Crippen LogP contribution in [0.25, 0.3) is 0 Å². The lowest BCUT2D eigenvalue weighted by atomic mass is 9.97. The molecular weight excluding hydrogens is 248 g/mol. The van der Waals surface area contributed by atoms with Crippen molar-refractivity contribution in [3.63, 3.8) is 0 Å². The molecule has 1 aromatic carbocycles. The fourth-order valence-electron chi connectivity index (χ4n) is 2.66. The van der Waals surface area contributed by atoms with Crippen LogP contribution in [-0.4, -0.2) is 48.8 Å².